The Morgan fingerprint density at radius 1 is 1.38 bits per heavy atom. The van der Waals surface area contributed by atoms with Crippen LogP contribution < -0.4 is 5.32 Å². The van der Waals surface area contributed by atoms with Gasteiger partial charge in [-0.25, -0.2) is 0 Å². The molecule has 0 aliphatic heterocycles. The van der Waals surface area contributed by atoms with E-state index >= 15 is 0 Å². The summed E-state index contributed by atoms with van der Waals surface area (Å²) in [5.74, 6) is 0. The van der Waals surface area contributed by atoms with Gasteiger partial charge in [-0.1, -0.05) is 19.3 Å². The summed E-state index contributed by atoms with van der Waals surface area (Å²) in [5, 5.41) is 21.5. The first-order valence-electron chi connectivity index (χ1n) is 5.08. The van der Waals surface area contributed by atoms with Crippen LogP contribution in [0.4, 0.5) is 0 Å². The topological polar surface area (TPSA) is 56.0 Å². The summed E-state index contributed by atoms with van der Waals surface area (Å²) in [6, 6.07) is 2.10. The third-order valence-electron chi connectivity index (χ3n) is 2.64. The smallest absolute Gasteiger partial charge is 0.0927 e. The summed E-state index contributed by atoms with van der Waals surface area (Å²) in [5.41, 5.74) is 0. The standard InChI is InChI=1S/C10H18N2O/c1-8(7-11)12-9-5-3-2-4-6-10(9)13/h8-10,12-13H,2-6H2,1H3. The fraction of sp³-hybridized carbons (Fsp3) is 0.900. The number of hydrogen-bond donors (Lipinski definition) is 2. The van der Waals surface area contributed by atoms with Crippen LogP contribution in [-0.2, 0) is 0 Å². The Labute approximate surface area is 79.8 Å². The van der Waals surface area contributed by atoms with E-state index in [9.17, 15) is 5.11 Å². The lowest BCUT2D eigenvalue weighted by Gasteiger charge is -2.22. The van der Waals surface area contributed by atoms with E-state index in [1.165, 1.54) is 6.42 Å². The molecule has 0 amide bonds. The van der Waals surface area contributed by atoms with Crippen molar-refractivity contribution in [2.45, 2.75) is 57.2 Å². The molecule has 3 atom stereocenters. The van der Waals surface area contributed by atoms with E-state index in [1.807, 2.05) is 6.92 Å². The predicted molar refractivity (Wildman–Crippen MR) is 51.1 cm³/mol. The fourth-order valence-electron chi connectivity index (χ4n) is 1.84. The second-order valence-electron chi connectivity index (χ2n) is 3.83. The van der Waals surface area contributed by atoms with E-state index in [0.29, 0.717) is 0 Å². The fourth-order valence-corrected chi connectivity index (χ4v) is 1.84. The highest BCUT2D eigenvalue weighted by atomic mass is 16.3. The molecule has 0 aromatic heterocycles. The van der Waals surface area contributed by atoms with E-state index in [0.717, 1.165) is 25.7 Å². The first-order valence-corrected chi connectivity index (χ1v) is 5.08. The van der Waals surface area contributed by atoms with Gasteiger partial charge >= 0.3 is 0 Å². The van der Waals surface area contributed by atoms with Crippen LogP contribution in [-0.4, -0.2) is 23.3 Å². The predicted octanol–water partition coefficient (Wildman–Crippen LogP) is 1.18. The lowest BCUT2D eigenvalue weighted by molar-refractivity contribution is 0.118. The maximum absolute atomic E-state index is 9.72. The molecule has 0 spiro atoms. The normalized spacial score (nSPS) is 31.8. The Morgan fingerprint density at radius 2 is 2.08 bits per heavy atom. The molecule has 0 aromatic carbocycles. The highest BCUT2D eigenvalue weighted by Gasteiger charge is 2.22. The van der Waals surface area contributed by atoms with Crippen LogP contribution >= 0.6 is 0 Å². The van der Waals surface area contributed by atoms with Crippen LogP contribution in [0.5, 0.6) is 0 Å². The number of rotatable bonds is 2. The zero-order chi connectivity index (χ0) is 9.68. The van der Waals surface area contributed by atoms with Gasteiger partial charge in [0.2, 0.25) is 0 Å². The zero-order valence-electron chi connectivity index (χ0n) is 8.16. The average Bonchev–Trinajstić information content (AvgIpc) is 2.32. The molecule has 1 aliphatic rings. The van der Waals surface area contributed by atoms with E-state index in [-0.39, 0.29) is 18.2 Å². The van der Waals surface area contributed by atoms with Crippen molar-refractivity contribution in [1.29, 1.82) is 5.26 Å². The summed E-state index contributed by atoms with van der Waals surface area (Å²) >= 11 is 0. The van der Waals surface area contributed by atoms with Gasteiger partial charge in [0.05, 0.1) is 18.2 Å². The van der Waals surface area contributed by atoms with Gasteiger partial charge in [0.15, 0.2) is 0 Å². The number of aliphatic hydroxyl groups is 1. The summed E-state index contributed by atoms with van der Waals surface area (Å²) in [6.07, 6.45) is 5.07. The Balaban J connectivity index is 2.41. The second-order valence-corrected chi connectivity index (χ2v) is 3.83. The molecule has 1 aliphatic carbocycles. The molecule has 1 fully saturated rings. The van der Waals surface area contributed by atoms with Crippen molar-refractivity contribution in [3.05, 3.63) is 0 Å². The van der Waals surface area contributed by atoms with E-state index in [1.54, 1.807) is 0 Å². The summed E-state index contributed by atoms with van der Waals surface area (Å²) in [6.45, 7) is 1.83. The molecule has 0 bridgehead atoms. The molecule has 1 rings (SSSR count). The van der Waals surface area contributed by atoms with Crippen LogP contribution in [0.15, 0.2) is 0 Å². The minimum absolute atomic E-state index is 0.122. The number of aliphatic hydroxyl groups excluding tert-OH is 1. The van der Waals surface area contributed by atoms with Gasteiger partial charge in [-0.2, -0.15) is 5.26 Å². The van der Waals surface area contributed by atoms with Crippen LogP contribution in [0.3, 0.4) is 0 Å². The van der Waals surface area contributed by atoms with Gasteiger partial charge in [-0.15, -0.1) is 0 Å². The van der Waals surface area contributed by atoms with Crippen molar-refractivity contribution in [2.75, 3.05) is 0 Å². The number of nitriles is 1. The zero-order valence-corrected chi connectivity index (χ0v) is 8.16. The van der Waals surface area contributed by atoms with E-state index in [2.05, 4.69) is 11.4 Å². The van der Waals surface area contributed by atoms with Crippen LogP contribution in [0.2, 0.25) is 0 Å². The molecule has 13 heavy (non-hydrogen) atoms. The molecule has 0 radical (unpaired) electrons. The molecule has 74 valence electrons. The molecule has 0 saturated heterocycles. The van der Waals surface area contributed by atoms with E-state index < -0.39 is 0 Å². The molecule has 3 heteroatoms. The maximum atomic E-state index is 9.72. The van der Waals surface area contributed by atoms with Crippen LogP contribution in [0, 0.1) is 11.3 Å². The SMILES string of the molecule is CC(C#N)NC1CCCCCC1O. The van der Waals surface area contributed by atoms with Gasteiger partial charge in [0.1, 0.15) is 0 Å². The van der Waals surface area contributed by atoms with Crippen LogP contribution in [0.1, 0.15) is 39.0 Å². The van der Waals surface area contributed by atoms with Gasteiger partial charge < -0.3 is 5.11 Å². The van der Waals surface area contributed by atoms with Gasteiger partial charge in [-0.05, 0) is 19.8 Å². The molecule has 0 aromatic rings. The largest absolute Gasteiger partial charge is 0.392 e. The third kappa shape index (κ3) is 3.33. The van der Waals surface area contributed by atoms with Crippen molar-refractivity contribution in [1.82, 2.24) is 5.32 Å². The molecular formula is C10H18N2O. The van der Waals surface area contributed by atoms with Gasteiger partial charge in [-0.3, -0.25) is 5.32 Å². The maximum Gasteiger partial charge on any atom is 0.0927 e. The average molecular weight is 182 g/mol. The number of hydrogen-bond acceptors (Lipinski definition) is 3. The Hall–Kier alpha value is -0.590. The lowest BCUT2D eigenvalue weighted by atomic mass is 10.1. The van der Waals surface area contributed by atoms with Gasteiger partial charge in [0, 0.05) is 6.04 Å². The monoisotopic (exact) mass is 182 g/mol. The molecule has 0 heterocycles. The quantitative estimate of drug-likeness (QED) is 0.630. The summed E-state index contributed by atoms with van der Waals surface area (Å²) in [4.78, 5) is 0. The molecule has 3 nitrogen and oxygen atoms in total. The van der Waals surface area contributed by atoms with Crippen molar-refractivity contribution in [2.24, 2.45) is 0 Å². The van der Waals surface area contributed by atoms with Gasteiger partial charge in [0.25, 0.3) is 0 Å². The number of nitrogens with one attached hydrogen (secondary N) is 1. The van der Waals surface area contributed by atoms with Crippen molar-refractivity contribution >= 4 is 0 Å². The Kier molecular flexibility index (Phi) is 4.20. The molecule has 1 saturated carbocycles. The summed E-state index contributed by atoms with van der Waals surface area (Å²) < 4.78 is 0. The first-order chi connectivity index (χ1) is 6.24. The number of nitrogens with zero attached hydrogens (tertiary/aromatic N) is 1. The Bertz CT molecular complexity index is 188. The second kappa shape index (κ2) is 5.21. The van der Waals surface area contributed by atoms with E-state index in [4.69, 9.17) is 5.26 Å². The molecule has 3 unspecified atom stereocenters. The minimum Gasteiger partial charge on any atom is -0.392 e. The highest BCUT2D eigenvalue weighted by Crippen LogP contribution is 2.18. The lowest BCUT2D eigenvalue weighted by Crippen LogP contribution is -2.43. The minimum atomic E-state index is -0.265. The van der Waals surface area contributed by atoms with Crippen molar-refractivity contribution in [3.8, 4) is 6.07 Å². The molecular weight excluding hydrogens is 164 g/mol. The Morgan fingerprint density at radius 3 is 2.77 bits per heavy atom. The highest BCUT2D eigenvalue weighted by molar-refractivity contribution is 4.90. The summed E-state index contributed by atoms with van der Waals surface area (Å²) in [7, 11) is 0. The third-order valence-corrected chi connectivity index (χ3v) is 2.64. The molecule has 2 N–H and O–H groups in total. The first kappa shape index (κ1) is 10.5. The van der Waals surface area contributed by atoms with Crippen LogP contribution in [0.25, 0.3) is 0 Å². The van der Waals surface area contributed by atoms with Crippen molar-refractivity contribution < 1.29 is 5.11 Å². The van der Waals surface area contributed by atoms with Crippen molar-refractivity contribution in [3.63, 3.8) is 0 Å².